The molecule has 0 aliphatic carbocycles. The second-order valence-corrected chi connectivity index (χ2v) is 6.93. The monoisotopic (exact) mass is 294 g/mol. The maximum absolute atomic E-state index is 2.56. The fourth-order valence-corrected chi connectivity index (χ4v) is 4.78. The summed E-state index contributed by atoms with van der Waals surface area (Å²) in [7, 11) is 0. The molecule has 1 nitrogen and oxygen atoms in total. The SMILES string of the molecule is CCC1(C)c2cc(C)ccc2-c2cccc[n+]2C1(CC)CC. The van der Waals surface area contributed by atoms with Crippen molar-refractivity contribution in [2.45, 2.75) is 64.8 Å². The zero-order chi connectivity index (χ0) is 16.0. The number of pyridine rings is 1. The number of rotatable bonds is 3. The highest BCUT2D eigenvalue weighted by molar-refractivity contribution is 5.66. The van der Waals surface area contributed by atoms with Crippen LogP contribution < -0.4 is 4.57 Å². The van der Waals surface area contributed by atoms with E-state index in [0.717, 1.165) is 19.3 Å². The molecule has 1 heteroatoms. The zero-order valence-corrected chi connectivity index (χ0v) is 14.6. The maximum Gasteiger partial charge on any atom is 0.213 e. The Bertz CT molecular complexity index is 697. The van der Waals surface area contributed by atoms with Gasteiger partial charge in [-0.2, -0.15) is 4.57 Å². The average molecular weight is 294 g/mol. The number of fused-ring (bicyclic) bond motifs is 3. The molecule has 0 bridgehead atoms. The predicted molar refractivity (Wildman–Crippen MR) is 93.0 cm³/mol. The van der Waals surface area contributed by atoms with Crippen LogP contribution in [-0.2, 0) is 11.0 Å². The van der Waals surface area contributed by atoms with Gasteiger partial charge in [-0.05, 0) is 38.0 Å². The van der Waals surface area contributed by atoms with Crippen LogP contribution in [0.3, 0.4) is 0 Å². The molecule has 1 aliphatic rings. The van der Waals surface area contributed by atoms with Crippen molar-refractivity contribution >= 4 is 0 Å². The summed E-state index contributed by atoms with van der Waals surface area (Å²) in [6.45, 7) is 11.7. The Hall–Kier alpha value is -1.63. The van der Waals surface area contributed by atoms with E-state index in [0.29, 0.717) is 0 Å². The Morgan fingerprint density at radius 1 is 0.955 bits per heavy atom. The summed E-state index contributed by atoms with van der Waals surface area (Å²) in [5, 5.41) is 0. The summed E-state index contributed by atoms with van der Waals surface area (Å²) in [6, 6.07) is 13.6. The molecule has 0 saturated heterocycles. The minimum atomic E-state index is 0.152. The second kappa shape index (κ2) is 5.22. The van der Waals surface area contributed by atoms with Crippen molar-refractivity contribution in [2.75, 3.05) is 0 Å². The van der Waals surface area contributed by atoms with E-state index in [9.17, 15) is 0 Å². The highest BCUT2D eigenvalue weighted by atomic mass is 15.1. The quantitative estimate of drug-likeness (QED) is 0.690. The average Bonchev–Trinajstić information content (AvgIpc) is 2.56. The Balaban J connectivity index is 2.45. The van der Waals surface area contributed by atoms with Crippen LogP contribution >= 0.6 is 0 Å². The van der Waals surface area contributed by atoms with E-state index in [1.165, 1.54) is 22.4 Å². The number of aryl methyl sites for hydroxylation is 1. The first-order valence-corrected chi connectivity index (χ1v) is 8.66. The standard InChI is InChI=1S/C21H28N/c1-6-20(5)18-15-16(4)12-13-17(18)19-11-9-10-14-22(19)21(20,7-2)8-3/h9-15H,6-8H2,1-5H3/q+1. The highest BCUT2D eigenvalue weighted by Gasteiger charge is 2.57. The molecular weight excluding hydrogens is 266 g/mol. The second-order valence-electron chi connectivity index (χ2n) is 6.93. The van der Waals surface area contributed by atoms with Gasteiger partial charge in [0, 0.05) is 25.0 Å². The highest BCUT2D eigenvalue weighted by Crippen LogP contribution is 2.51. The van der Waals surface area contributed by atoms with Gasteiger partial charge < -0.3 is 0 Å². The molecule has 1 atom stereocenters. The first-order valence-electron chi connectivity index (χ1n) is 8.66. The van der Waals surface area contributed by atoms with Crippen LogP contribution in [0.5, 0.6) is 0 Å². The van der Waals surface area contributed by atoms with Crippen molar-refractivity contribution in [3.05, 3.63) is 53.7 Å². The molecule has 3 rings (SSSR count). The van der Waals surface area contributed by atoms with Crippen molar-refractivity contribution in [1.82, 2.24) is 0 Å². The first-order chi connectivity index (χ1) is 10.5. The van der Waals surface area contributed by atoms with Gasteiger partial charge in [0.2, 0.25) is 5.69 Å². The Morgan fingerprint density at radius 3 is 2.32 bits per heavy atom. The van der Waals surface area contributed by atoms with Gasteiger partial charge in [0.1, 0.15) is 0 Å². The lowest BCUT2D eigenvalue weighted by atomic mass is 9.58. The summed E-state index contributed by atoms with van der Waals surface area (Å²) in [5.74, 6) is 0. The topological polar surface area (TPSA) is 3.88 Å². The summed E-state index contributed by atoms with van der Waals surface area (Å²) >= 11 is 0. The minimum Gasteiger partial charge on any atom is -0.192 e. The fourth-order valence-electron chi connectivity index (χ4n) is 4.78. The Labute approximate surface area is 135 Å². The number of nitrogens with zero attached hydrogens (tertiary/aromatic N) is 1. The zero-order valence-electron chi connectivity index (χ0n) is 14.6. The van der Waals surface area contributed by atoms with E-state index in [1.807, 2.05) is 0 Å². The normalized spacial score (nSPS) is 22.0. The van der Waals surface area contributed by atoms with Gasteiger partial charge in [0.15, 0.2) is 11.7 Å². The van der Waals surface area contributed by atoms with Crippen LogP contribution in [0.15, 0.2) is 42.6 Å². The van der Waals surface area contributed by atoms with E-state index >= 15 is 0 Å². The molecule has 0 N–H and O–H groups in total. The third kappa shape index (κ3) is 1.74. The van der Waals surface area contributed by atoms with Crippen molar-refractivity contribution in [1.29, 1.82) is 0 Å². The Kier molecular flexibility index (Phi) is 3.63. The predicted octanol–water partition coefficient (Wildman–Crippen LogP) is 5.15. The van der Waals surface area contributed by atoms with Crippen LogP contribution in [0.1, 0.15) is 58.1 Å². The largest absolute Gasteiger partial charge is 0.213 e. The number of hydrogen-bond acceptors (Lipinski definition) is 0. The lowest BCUT2D eigenvalue weighted by Gasteiger charge is -2.47. The van der Waals surface area contributed by atoms with Gasteiger partial charge in [0.05, 0.1) is 11.0 Å². The van der Waals surface area contributed by atoms with E-state index in [1.54, 1.807) is 0 Å². The number of aromatic nitrogens is 1. The van der Waals surface area contributed by atoms with Gasteiger partial charge >= 0.3 is 0 Å². The molecule has 1 aromatic heterocycles. The van der Waals surface area contributed by atoms with Crippen molar-refractivity contribution < 1.29 is 4.57 Å². The van der Waals surface area contributed by atoms with Gasteiger partial charge in [-0.25, -0.2) is 0 Å². The molecule has 1 aliphatic heterocycles. The van der Waals surface area contributed by atoms with Gasteiger partial charge in [-0.15, -0.1) is 0 Å². The molecule has 1 unspecified atom stereocenters. The molecule has 116 valence electrons. The maximum atomic E-state index is 2.56. The van der Waals surface area contributed by atoms with Gasteiger partial charge in [-0.3, -0.25) is 0 Å². The van der Waals surface area contributed by atoms with Crippen LogP contribution in [0.25, 0.3) is 11.3 Å². The molecule has 0 radical (unpaired) electrons. The molecule has 2 heterocycles. The number of hydrogen-bond donors (Lipinski definition) is 0. The summed E-state index contributed by atoms with van der Waals surface area (Å²) < 4.78 is 2.56. The molecule has 0 spiro atoms. The minimum absolute atomic E-state index is 0.152. The lowest BCUT2D eigenvalue weighted by Crippen LogP contribution is -2.68. The molecule has 0 saturated carbocycles. The fraction of sp³-hybridized carbons (Fsp3) is 0.476. The molecule has 0 amide bonds. The third-order valence-corrected chi connectivity index (χ3v) is 6.27. The van der Waals surface area contributed by atoms with Crippen LogP contribution in [0.2, 0.25) is 0 Å². The van der Waals surface area contributed by atoms with Crippen LogP contribution in [-0.4, -0.2) is 0 Å². The van der Waals surface area contributed by atoms with Crippen LogP contribution in [0.4, 0.5) is 0 Å². The molecular formula is C21H28N+. The summed E-state index contributed by atoms with van der Waals surface area (Å²) in [4.78, 5) is 0. The third-order valence-electron chi connectivity index (χ3n) is 6.27. The van der Waals surface area contributed by atoms with E-state index < -0.39 is 0 Å². The first kappa shape index (κ1) is 15.3. The van der Waals surface area contributed by atoms with E-state index in [2.05, 4.69) is 81.8 Å². The Morgan fingerprint density at radius 2 is 1.68 bits per heavy atom. The van der Waals surface area contributed by atoms with Crippen molar-refractivity contribution in [3.63, 3.8) is 0 Å². The molecule has 22 heavy (non-hydrogen) atoms. The summed E-state index contributed by atoms with van der Waals surface area (Å²) in [5.41, 5.74) is 5.99. The van der Waals surface area contributed by atoms with E-state index in [-0.39, 0.29) is 11.0 Å². The molecule has 1 aromatic carbocycles. The lowest BCUT2D eigenvalue weighted by molar-refractivity contribution is -0.769. The van der Waals surface area contributed by atoms with Crippen LogP contribution in [0, 0.1) is 6.92 Å². The van der Waals surface area contributed by atoms with Gasteiger partial charge in [-0.1, -0.05) is 38.5 Å². The smallest absolute Gasteiger partial charge is 0.192 e. The van der Waals surface area contributed by atoms with Crippen molar-refractivity contribution in [3.8, 4) is 11.3 Å². The van der Waals surface area contributed by atoms with Crippen molar-refractivity contribution in [2.24, 2.45) is 0 Å². The van der Waals surface area contributed by atoms with Gasteiger partial charge in [0.25, 0.3) is 0 Å². The van der Waals surface area contributed by atoms with E-state index in [4.69, 9.17) is 0 Å². The summed E-state index contributed by atoms with van der Waals surface area (Å²) in [6.07, 6.45) is 5.76. The molecule has 2 aromatic rings. The molecule has 0 fully saturated rings. The number of benzene rings is 1.